The predicted molar refractivity (Wildman–Crippen MR) is 150 cm³/mol. The van der Waals surface area contributed by atoms with Crippen LogP contribution in [0.4, 0.5) is 13.6 Å². The van der Waals surface area contributed by atoms with Crippen molar-refractivity contribution in [2.75, 3.05) is 20.8 Å². The highest BCUT2D eigenvalue weighted by Crippen LogP contribution is 2.58. The van der Waals surface area contributed by atoms with Gasteiger partial charge in [-0.1, -0.05) is 31.2 Å². The monoisotopic (exact) mass is 561 g/mol. The van der Waals surface area contributed by atoms with Crippen LogP contribution in [0.15, 0.2) is 71.7 Å². The zero-order chi connectivity index (χ0) is 29.6. The summed E-state index contributed by atoms with van der Waals surface area (Å²) in [6.07, 6.45) is 1.95. The molecule has 7 nitrogen and oxygen atoms in total. The Morgan fingerprint density at radius 1 is 1.05 bits per heavy atom. The molecule has 3 aromatic rings. The SMILES string of the molecule is CCC(O)(COC)C1=C(c2ccc(C(=O)OC)cc2)C(F)=C2C(=Cc3ccn(C(=O)O)c32)[C@@H]1c1ccc(F)c(C)c1. The van der Waals surface area contributed by atoms with E-state index in [4.69, 9.17) is 9.47 Å². The average Bonchev–Trinajstić information content (AvgIpc) is 3.54. The van der Waals surface area contributed by atoms with Gasteiger partial charge in [0, 0.05) is 35.9 Å². The number of hydrogen-bond acceptors (Lipinski definition) is 5. The number of ether oxygens (including phenoxy) is 2. The molecule has 2 atom stereocenters. The van der Waals surface area contributed by atoms with Gasteiger partial charge >= 0.3 is 12.1 Å². The largest absolute Gasteiger partial charge is 0.465 e. The Labute approximate surface area is 235 Å². The van der Waals surface area contributed by atoms with Gasteiger partial charge in [0.25, 0.3) is 0 Å². The van der Waals surface area contributed by atoms with Crippen LogP contribution in [0.5, 0.6) is 0 Å². The first-order chi connectivity index (χ1) is 19.6. The number of aliphatic hydroxyl groups is 1. The molecule has 2 aliphatic rings. The Hall–Kier alpha value is -4.34. The summed E-state index contributed by atoms with van der Waals surface area (Å²) in [6.45, 7) is 3.21. The summed E-state index contributed by atoms with van der Waals surface area (Å²) in [6, 6.07) is 12.2. The molecule has 5 rings (SSSR count). The second-order valence-corrected chi connectivity index (χ2v) is 10.2. The number of esters is 1. The lowest BCUT2D eigenvalue weighted by molar-refractivity contribution is -0.00793. The maximum absolute atomic E-state index is 17.1. The number of halogens is 2. The highest BCUT2D eigenvalue weighted by atomic mass is 19.1. The van der Waals surface area contributed by atoms with Crippen LogP contribution in [-0.4, -0.2) is 53.3 Å². The van der Waals surface area contributed by atoms with Gasteiger partial charge in [0.05, 0.1) is 25.0 Å². The quantitative estimate of drug-likeness (QED) is 0.326. The topological polar surface area (TPSA) is 98.0 Å². The van der Waals surface area contributed by atoms with Crippen molar-refractivity contribution >= 4 is 29.3 Å². The minimum Gasteiger partial charge on any atom is -0.465 e. The first kappa shape index (κ1) is 28.2. The zero-order valence-electron chi connectivity index (χ0n) is 23.0. The minimum absolute atomic E-state index is 0.0490. The van der Waals surface area contributed by atoms with E-state index in [9.17, 15) is 24.2 Å². The zero-order valence-corrected chi connectivity index (χ0v) is 23.0. The third kappa shape index (κ3) is 4.51. The summed E-state index contributed by atoms with van der Waals surface area (Å²) in [5.74, 6) is -2.49. The molecule has 0 radical (unpaired) electrons. The second-order valence-electron chi connectivity index (χ2n) is 10.2. The normalized spacial score (nSPS) is 17.6. The van der Waals surface area contributed by atoms with Crippen LogP contribution in [0, 0.1) is 12.7 Å². The van der Waals surface area contributed by atoms with Crippen molar-refractivity contribution in [1.29, 1.82) is 0 Å². The molecule has 0 saturated carbocycles. The van der Waals surface area contributed by atoms with E-state index in [1.807, 2.05) is 0 Å². The Balaban J connectivity index is 1.90. The fourth-order valence-corrected chi connectivity index (χ4v) is 5.84. The molecular weight excluding hydrogens is 532 g/mol. The molecule has 1 unspecified atom stereocenters. The molecule has 2 N–H and O–H groups in total. The van der Waals surface area contributed by atoms with Gasteiger partial charge in [0.1, 0.15) is 17.2 Å². The molecule has 0 saturated heterocycles. The van der Waals surface area contributed by atoms with Gasteiger partial charge in [-0.2, -0.15) is 0 Å². The van der Waals surface area contributed by atoms with Crippen molar-refractivity contribution in [3.05, 3.63) is 111 Å². The van der Waals surface area contributed by atoms with Gasteiger partial charge in [-0.3, -0.25) is 4.57 Å². The van der Waals surface area contributed by atoms with Crippen LogP contribution in [0.25, 0.3) is 17.2 Å². The molecule has 1 aromatic heterocycles. The van der Waals surface area contributed by atoms with Crippen molar-refractivity contribution in [2.45, 2.75) is 31.8 Å². The molecule has 212 valence electrons. The molecule has 9 heteroatoms. The van der Waals surface area contributed by atoms with Gasteiger partial charge < -0.3 is 19.7 Å². The molecule has 0 aliphatic heterocycles. The molecule has 1 heterocycles. The number of hydrogen-bond donors (Lipinski definition) is 2. The van der Waals surface area contributed by atoms with E-state index in [1.54, 1.807) is 50.3 Å². The lowest BCUT2D eigenvalue weighted by Crippen LogP contribution is -2.40. The van der Waals surface area contributed by atoms with Gasteiger partial charge in [0.2, 0.25) is 0 Å². The summed E-state index contributed by atoms with van der Waals surface area (Å²) in [7, 11) is 2.69. The fraction of sp³-hybridized carbons (Fsp3) is 0.250. The fourth-order valence-electron chi connectivity index (χ4n) is 5.84. The van der Waals surface area contributed by atoms with E-state index in [1.165, 1.54) is 38.6 Å². The Morgan fingerprint density at radius 3 is 2.34 bits per heavy atom. The Morgan fingerprint density at radius 2 is 1.76 bits per heavy atom. The van der Waals surface area contributed by atoms with E-state index in [0.717, 1.165) is 4.57 Å². The van der Waals surface area contributed by atoms with E-state index < -0.39 is 35.2 Å². The molecule has 0 amide bonds. The molecule has 0 fully saturated rings. The number of methoxy groups -OCH3 is 2. The maximum Gasteiger partial charge on any atom is 0.416 e. The molecular formula is C32H29F2NO6. The van der Waals surface area contributed by atoms with Crippen molar-refractivity contribution in [3.8, 4) is 0 Å². The molecule has 0 bridgehead atoms. The molecule has 0 spiro atoms. The van der Waals surface area contributed by atoms with Gasteiger partial charge in [0.15, 0.2) is 0 Å². The summed E-state index contributed by atoms with van der Waals surface area (Å²) in [5.41, 5.74) is 1.42. The van der Waals surface area contributed by atoms with Crippen molar-refractivity contribution < 1.29 is 38.1 Å². The number of aromatic nitrogens is 1. The van der Waals surface area contributed by atoms with Crippen LogP contribution in [-0.2, 0) is 9.47 Å². The number of benzene rings is 2. The van der Waals surface area contributed by atoms with E-state index in [2.05, 4.69) is 0 Å². The number of carboxylic acid groups (broad SMARTS) is 1. The van der Waals surface area contributed by atoms with Crippen LogP contribution in [0.3, 0.4) is 0 Å². The summed E-state index contributed by atoms with van der Waals surface area (Å²) >= 11 is 0. The van der Waals surface area contributed by atoms with E-state index in [0.29, 0.717) is 33.4 Å². The van der Waals surface area contributed by atoms with Crippen molar-refractivity contribution in [2.24, 2.45) is 0 Å². The van der Waals surface area contributed by atoms with Gasteiger partial charge in [-0.15, -0.1) is 0 Å². The van der Waals surface area contributed by atoms with E-state index in [-0.39, 0.29) is 35.4 Å². The number of carbonyl (C=O) groups is 2. The highest BCUT2D eigenvalue weighted by molar-refractivity contribution is 6.07. The van der Waals surface area contributed by atoms with Crippen LogP contribution in [0.2, 0.25) is 0 Å². The third-order valence-electron chi connectivity index (χ3n) is 7.85. The highest BCUT2D eigenvalue weighted by Gasteiger charge is 2.47. The number of fused-ring (bicyclic) bond motifs is 3. The van der Waals surface area contributed by atoms with Crippen molar-refractivity contribution in [1.82, 2.24) is 4.57 Å². The first-order valence-corrected chi connectivity index (χ1v) is 13.0. The molecule has 2 aliphatic carbocycles. The summed E-state index contributed by atoms with van der Waals surface area (Å²) in [5, 5.41) is 22.0. The number of nitrogens with zero attached hydrogens (tertiary/aromatic N) is 1. The number of allylic oxidation sites excluding steroid dienone is 4. The summed E-state index contributed by atoms with van der Waals surface area (Å²) < 4.78 is 42.7. The average molecular weight is 562 g/mol. The standard InChI is InChI=1S/C32H29F2NO6/c1-5-32(39,16-40-3)27-24(20-10-11-23(33)17(2)14-20)22-15-21-12-13-35(31(37)38)29(21)26(22)28(34)25(27)18-6-8-19(9-7-18)30(36)41-4/h6-15,24,39H,5,16H2,1-4H3,(H,37,38)/t24-,32?/m0/s1. The maximum atomic E-state index is 17.1. The molecule has 41 heavy (non-hydrogen) atoms. The van der Waals surface area contributed by atoms with Crippen molar-refractivity contribution in [3.63, 3.8) is 0 Å². The van der Waals surface area contributed by atoms with Gasteiger partial charge in [-0.25, -0.2) is 18.4 Å². The number of rotatable bonds is 7. The van der Waals surface area contributed by atoms with Crippen LogP contribution >= 0.6 is 0 Å². The summed E-state index contributed by atoms with van der Waals surface area (Å²) in [4.78, 5) is 24.2. The second kappa shape index (κ2) is 10.6. The van der Waals surface area contributed by atoms with Gasteiger partial charge in [-0.05, 0) is 71.5 Å². The Kier molecular flexibility index (Phi) is 7.27. The van der Waals surface area contributed by atoms with E-state index >= 15 is 4.39 Å². The lowest BCUT2D eigenvalue weighted by Gasteiger charge is -2.40. The first-order valence-electron chi connectivity index (χ1n) is 13.0. The Bertz CT molecular complexity index is 1660. The third-order valence-corrected chi connectivity index (χ3v) is 7.85. The minimum atomic E-state index is -1.67. The predicted octanol–water partition coefficient (Wildman–Crippen LogP) is 6.36. The lowest BCUT2D eigenvalue weighted by atomic mass is 9.67. The molecule has 2 aromatic carbocycles. The number of carbonyl (C=O) groups excluding carboxylic acids is 1. The van der Waals surface area contributed by atoms with Crippen LogP contribution in [0.1, 0.15) is 57.6 Å². The smallest absolute Gasteiger partial charge is 0.416 e. The van der Waals surface area contributed by atoms with Crippen LogP contribution < -0.4 is 0 Å². The number of aryl methyl sites for hydroxylation is 1.